The van der Waals surface area contributed by atoms with Crippen LogP contribution in [0.1, 0.15) is 45.7 Å². The van der Waals surface area contributed by atoms with E-state index in [4.69, 9.17) is 16.3 Å². The Hall–Kier alpha value is -3.37. The molecule has 0 saturated heterocycles. The van der Waals surface area contributed by atoms with Crippen molar-refractivity contribution in [2.45, 2.75) is 64.7 Å². The zero-order valence-corrected chi connectivity index (χ0v) is 21.6. The highest BCUT2D eigenvalue weighted by molar-refractivity contribution is 6.31. The number of pyridine rings is 1. The lowest BCUT2D eigenvalue weighted by Crippen LogP contribution is -2.52. The van der Waals surface area contributed by atoms with Crippen LogP contribution in [0.5, 0.6) is 0 Å². The van der Waals surface area contributed by atoms with Gasteiger partial charge in [0.25, 0.3) is 0 Å². The molecule has 0 bridgehead atoms. The standard InChI is InChI=1S/C26H29ClFN5O4/c1-4-17(5-2)37-22-8-15(26(35)36)6-14(23(22)32-13(3)34)7-21-20(28)12-31-25(33-21)19-11-30-24-18(19)9-16(27)10-29-24/h6,9-12,14,17,22-23H,4-5,7-8H2,1-3H3,(H,29,30)(H,32,34)(H,35,36)/t14?,22-,23-/m1/s1. The van der Waals surface area contributed by atoms with Gasteiger partial charge in [0.1, 0.15) is 5.65 Å². The Bertz CT molecular complexity index is 1340. The van der Waals surface area contributed by atoms with Gasteiger partial charge in [0.05, 0.1) is 35.2 Å². The van der Waals surface area contributed by atoms with Crippen LogP contribution in [-0.4, -0.2) is 55.2 Å². The van der Waals surface area contributed by atoms with Crippen LogP contribution >= 0.6 is 11.6 Å². The number of ether oxygens (including phenoxy) is 1. The van der Waals surface area contributed by atoms with E-state index in [9.17, 15) is 19.1 Å². The van der Waals surface area contributed by atoms with Crippen LogP contribution in [0.25, 0.3) is 22.4 Å². The average Bonchev–Trinajstić information content (AvgIpc) is 3.28. The van der Waals surface area contributed by atoms with Gasteiger partial charge in [-0.15, -0.1) is 0 Å². The first-order valence-corrected chi connectivity index (χ1v) is 12.6. The van der Waals surface area contributed by atoms with Crippen molar-refractivity contribution >= 4 is 34.5 Å². The molecule has 1 aliphatic rings. The molecular weight excluding hydrogens is 501 g/mol. The third-order valence-electron chi connectivity index (χ3n) is 6.61. The number of nitrogens with zero attached hydrogens (tertiary/aromatic N) is 3. The second-order valence-corrected chi connectivity index (χ2v) is 9.59. The number of rotatable bonds is 9. The fourth-order valence-corrected chi connectivity index (χ4v) is 4.91. The van der Waals surface area contributed by atoms with Crippen molar-refractivity contribution in [2.24, 2.45) is 5.92 Å². The molecule has 3 aromatic heterocycles. The highest BCUT2D eigenvalue weighted by atomic mass is 35.5. The highest BCUT2D eigenvalue weighted by Gasteiger charge is 2.38. The van der Waals surface area contributed by atoms with E-state index in [0.29, 0.717) is 21.6 Å². The Morgan fingerprint density at radius 3 is 2.73 bits per heavy atom. The zero-order chi connectivity index (χ0) is 26.7. The summed E-state index contributed by atoms with van der Waals surface area (Å²) in [7, 11) is 0. The number of carbonyl (C=O) groups excluding carboxylic acids is 1. The van der Waals surface area contributed by atoms with Crippen molar-refractivity contribution in [3.8, 4) is 11.4 Å². The van der Waals surface area contributed by atoms with Gasteiger partial charge in [-0.1, -0.05) is 31.5 Å². The summed E-state index contributed by atoms with van der Waals surface area (Å²) in [5, 5.41) is 13.8. The summed E-state index contributed by atoms with van der Waals surface area (Å²) in [6.07, 6.45) is 6.82. The van der Waals surface area contributed by atoms with Crippen molar-refractivity contribution in [3.63, 3.8) is 0 Å². The molecule has 0 radical (unpaired) electrons. The number of halogens is 2. The number of carboxylic acid groups (broad SMARTS) is 1. The molecule has 196 valence electrons. The first-order valence-electron chi connectivity index (χ1n) is 12.2. The largest absolute Gasteiger partial charge is 0.478 e. The smallest absolute Gasteiger partial charge is 0.331 e. The van der Waals surface area contributed by atoms with Gasteiger partial charge in [-0.3, -0.25) is 4.79 Å². The molecule has 0 saturated carbocycles. The summed E-state index contributed by atoms with van der Waals surface area (Å²) in [5.41, 5.74) is 1.45. The molecule has 0 aromatic carbocycles. The number of carbonyl (C=O) groups is 2. The van der Waals surface area contributed by atoms with E-state index in [0.717, 1.165) is 19.0 Å². The lowest BCUT2D eigenvalue weighted by Gasteiger charge is -2.38. The van der Waals surface area contributed by atoms with E-state index < -0.39 is 29.9 Å². The van der Waals surface area contributed by atoms with Gasteiger partial charge in [-0.2, -0.15) is 0 Å². The fourth-order valence-electron chi connectivity index (χ4n) is 4.75. The molecule has 0 spiro atoms. The average molecular weight is 530 g/mol. The van der Waals surface area contributed by atoms with Crippen LogP contribution in [0.15, 0.2) is 36.3 Å². The molecule has 3 atom stereocenters. The van der Waals surface area contributed by atoms with Gasteiger partial charge < -0.3 is 20.1 Å². The third kappa shape index (κ3) is 5.97. The van der Waals surface area contributed by atoms with Crippen molar-refractivity contribution in [2.75, 3.05) is 0 Å². The van der Waals surface area contributed by atoms with Crippen LogP contribution in [0.4, 0.5) is 4.39 Å². The molecule has 1 unspecified atom stereocenters. The van der Waals surface area contributed by atoms with E-state index in [1.54, 1.807) is 18.3 Å². The second kappa shape index (κ2) is 11.4. The van der Waals surface area contributed by atoms with E-state index in [-0.39, 0.29) is 41.9 Å². The molecule has 4 rings (SSSR count). The van der Waals surface area contributed by atoms with Gasteiger partial charge in [-0.05, 0) is 18.9 Å². The predicted octanol–water partition coefficient (Wildman–Crippen LogP) is 4.46. The van der Waals surface area contributed by atoms with E-state index >= 15 is 0 Å². The van der Waals surface area contributed by atoms with Crippen LogP contribution in [0, 0.1) is 11.7 Å². The van der Waals surface area contributed by atoms with Gasteiger partial charge in [-0.25, -0.2) is 24.1 Å². The normalized spacial score (nSPS) is 19.7. The Balaban J connectivity index is 1.72. The molecule has 9 nitrogen and oxygen atoms in total. The van der Waals surface area contributed by atoms with Gasteiger partial charge >= 0.3 is 5.97 Å². The number of aromatic nitrogens is 4. The summed E-state index contributed by atoms with van der Waals surface area (Å²) in [5.74, 6) is -2.29. The molecule has 11 heteroatoms. The topological polar surface area (TPSA) is 130 Å². The molecule has 3 heterocycles. The number of aliphatic carboxylic acids is 1. The molecule has 37 heavy (non-hydrogen) atoms. The Kier molecular flexibility index (Phi) is 8.19. The number of hydrogen-bond donors (Lipinski definition) is 3. The maximum atomic E-state index is 15.0. The van der Waals surface area contributed by atoms with Gasteiger partial charge in [0, 0.05) is 54.6 Å². The maximum absolute atomic E-state index is 15.0. The quantitative estimate of drug-likeness (QED) is 0.373. The predicted molar refractivity (Wildman–Crippen MR) is 136 cm³/mol. The van der Waals surface area contributed by atoms with Gasteiger partial charge in [0.2, 0.25) is 5.91 Å². The lowest BCUT2D eigenvalue weighted by atomic mass is 9.80. The van der Waals surface area contributed by atoms with Crippen molar-refractivity contribution in [1.82, 2.24) is 25.3 Å². The lowest BCUT2D eigenvalue weighted by molar-refractivity contribution is -0.134. The molecule has 3 aromatic rings. The Morgan fingerprint density at radius 1 is 1.30 bits per heavy atom. The number of carboxylic acids is 1. The van der Waals surface area contributed by atoms with Crippen molar-refractivity contribution in [3.05, 3.63) is 52.8 Å². The third-order valence-corrected chi connectivity index (χ3v) is 6.81. The molecule has 1 amide bonds. The summed E-state index contributed by atoms with van der Waals surface area (Å²) in [4.78, 5) is 40.0. The summed E-state index contributed by atoms with van der Waals surface area (Å²) >= 11 is 6.11. The van der Waals surface area contributed by atoms with Crippen LogP contribution in [0.2, 0.25) is 5.02 Å². The minimum absolute atomic E-state index is 0.0349. The highest BCUT2D eigenvalue weighted by Crippen LogP contribution is 2.32. The van der Waals surface area contributed by atoms with Crippen molar-refractivity contribution in [1.29, 1.82) is 0 Å². The first kappa shape index (κ1) is 26.7. The minimum atomic E-state index is -1.07. The van der Waals surface area contributed by atoms with Crippen molar-refractivity contribution < 1.29 is 23.8 Å². The molecule has 0 fully saturated rings. The van der Waals surface area contributed by atoms with E-state index in [1.807, 2.05) is 13.8 Å². The van der Waals surface area contributed by atoms with Crippen LogP contribution in [-0.2, 0) is 20.7 Å². The monoisotopic (exact) mass is 529 g/mol. The number of nitrogens with one attached hydrogen (secondary N) is 2. The first-order chi connectivity index (χ1) is 17.7. The van der Waals surface area contributed by atoms with E-state index in [2.05, 4.69) is 25.3 Å². The van der Waals surface area contributed by atoms with Crippen LogP contribution < -0.4 is 5.32 Å². The molecular formula is C26H29ClFN5O4. The number of H-pyrrole nitrogens is 1. The minimum Gasteiger partial charge on any atom is -0.478 e. The Labute approximate surface area is 218 Å². The van der Waals surface area contributed by atoms with Gasteiger partial charge in [0.15, 0.2) is 11.6 Å². The molecule has 1 aliphatic carbocycles. The summed E-state index contributed by atoms with van der Waals surface area (Å²) < 4.78 is 21.2. The second-order valence-electron chi connectivity index (χ2n) is 9.15. The molecule has 0 aliphatic heterocycles. The Morgan fingerprint density at radius 2 is 2.05 bits per heavy atom. The zero-order valence-electron chi connectivity index (χ0n) is 20.8. The number of aromatic amines is 1. The molecule has 3 N–H and O–H groups in total. The van der Waals surface area contributed by atoms with E-state index in [1.165, 1.54) is 13.1 Å². The number of hydrogen-bond acceptors (Lipinski definition) is 6. The number of amides is 1. The van der Waals surface area contributed by atoms with Crippen LogP contribution in [0.3, 0.4) is 0 Å². The number of fused-ring (bicyclic) bond motifs is 1. The fraction of sp³-hybridized carbons (Fsp3) is 0.423. The summed E-state index contributed by atoms with van der Waals surface area (Å²) in [6, 6.07) is 1.16. The SMILES string of the molecule is CCC(CC)O[C@@H]1CC(C(=O)O)=CC(Cc2nc(-c3c[nH]c4ncc(Cl)cc34)ncc2F)[C@H]1NC(C)=O. The maximum Gasteiger partial charge on any atom is 0.331 e. The summed E-state index contributed by atoms with van der Waals surface area (Å²) in [6.45, 7) is 5.36.